The first-order chi connectivity index (χ1) is 13.5. The molecular weight excluding hydrogens is 360 g/mol. The van der Waals surface area contributed by atoms with E-state index in [-0.39, 0.29) is 0 Å². The molecule has 0 fully saturated rings. The number of hydrogen-bond donors (Lipinski definition) is 2. The quantitative estimate of drug-likeness (QED) is 0.474. The van der Waals surface area contributed by atoms with Crippen LogP contribution in [0.4, 0.5) is 16.2 Å². The predicted octanol–water partition coefficient (Wildman–Crippen LogP) is 3.04. The number of terminal acetylenes is 1. The van der Waals surface area contributed by atoms with Gasteiger partial charge in [0, 0.05) is 17.3 Å². The van der Waals surface area contributed by atoms with Crippen LogP contribution in [0.3, 0.4) is 0 Å². The van der Waals surface area contributed by atoms with E-state index in [0.717, 1.165) is 0 Å². The minimum absolute atomic E-state index is 0.453. The number of methoxy groups -OCH3 is 2. The summed E-state index contributed by atoms with van der Waals surface area (Å²) in [6.45, 7) is 0. The van der Waals surface area contributed by atoms with Crippen LogP contribution < -0.4 is 10.6 Å². The van der Waals surface area contributed by atoms with Crippen molar-refractivity contribution in [1.82, 2.24) is 0 Å². The Kier molecular flexibility index (Phi) is 6.94. The highest BCUT2D eigenvalue weighted by Crippen LogP contribution is 2.30. The zero-order chi connectivity index (χ0) is 20.5. The van der Waals surface area contributed by atoms with E-state index in [1.165, 1.54) is 20.3 Å². The molecule has 2 N–H and O–H groups in total. The van der Waals surface area contributed by atoms with Crippen molar-refractivity contribution in [2.24, 2.45) is 0 Å². The molecule has 142 valence electrons. The van der Waals surface area contributed by atoms with E-state index in [1.807, 2.05) is 5.92 Å². The molecule has 2 amide bonds. The van der Waals surface area contributed by atoms with Gasteiger partial charge in [-0.1, -0.05) is 30.3 Å². The van der Waals surface area contributed by atoms with E-state index in [0.29, 0.717) is 28.1 Å². The van der Waals surface area contributed by atoms with Crippen LogP contribution in [-0.4, -0.2) is 32.2 Å². The number of ether oxygens (including phenoxy) is 2. The average molecular weight is 378 g/mol. The lowest BCUT2D eigenvalue weighted by molar-refractivity contribution is -0.134. The standard InChI is InChI=1S/C21H18N2O5/c1-4-19(24)22-15-11-9-14(10-12-15)17(13-20(25)27-2)16-7-5-6-8-18(16)23-21(26)28-3/h1,5-13H,2-3H3,(H,22,24)(H,23,26)/b17-13-. The molecule has 2 aromatic carbocycles. The number of hydrogen-bond acceptors (Lipinski definition) is 5. The molecule has 0 radical (unpaired) electrons. The van der Waals surface area contributed by atoms with Gasteiger partial charge in [-0.3, -0.25) is 10.1 Å². The number of rotatable bonds is 5. The van der Waals surface area contributed by atoms with E-state index < -0.39 is 18.0 Å². The number of carbonyl (C=O) groups is 3. The van der Waals surface area contributed by atoms with Gasteiger partial charge in [-0.25, -0.2) is 9.59 Å². The summed E-state index contributed by atoms with van der Waals surface area (Å²) in [4.78, 5) is 34.9. The van der Waals surface area contributed by atoms with Gasteiger partial charge in [0.25, 0.3) is 5.91 Å². The lowest BCUT2D eigenvalue weighted by atomic mass is 9.95. The Morgan fingerprint density at radius 3 is 2.25 bits per heavy atom. The van der Waals surface area contributed by atoms with Crippen molar-refractivity contribution in [3.05, 3.63) is 65.7 Å². The van der Waals surface area contributed by atoms with E-state index in [2.05, 4.69) is 15.4 Å². The van der Waals surface area contributed by atoms with Crippen LogP contribution in [0, 0.1) is 12.3 Å². The molecule has 0 aliphatic heterocycles. The Morgan fingerprint density at radius 1 is 0.964 bits per heavy atom. The van der Waals surface area contributed by atoms with Crippen molar-refractivity contribution in [2.75, 3.05) is 24.9 Å². The third-order valence-electron chi connectivity index (χ3n) is 3.69. The second kappa shape index (κ2) is 9.59. The fourth-order valence-electron chi connectivity index (χ4n) is 2.38. The largest absolute Gasteiger partial charge is 0.466 e. The lowest BCUT2D eigenvalue weighted by Gasteiger charge is -2.14. The fraction of sp³-hybridized carbons (Fsp3) is 0.0952. The third kappa shape index (κ3) is 5.22. The number of nitrogens with one attached hydrogen (secondary N) is 2. The summed E-state index contributed by atoms with van der Waals surface area (Å²) in [5.41, 5.74) is 2.70. The third-order valence-corrected chi connectivity index (χ3v) is 3.69. The van der Waals surface area contributed by atoms with Crippen LogP contribution in [0.5, 0.6) is 0 Å². The van der Waals surface area contributed by atoms with Crippen molar-refractivity contribution < 1.29 is 23.9 Å². The van der Waals surface area contributed by atoms with Crippen LogP contribution in [-0.2, 0) is 19.1 Å². The highest BCUT2D eigenvalue weighted by molar-refractivity contribution is 6.04. The molecule has 0 saturated carbocycles. The van der Waals surface area contributed by atoms with Crippen LogP contribution in [0.15, 0.2) is 54.6 Å². The Balaban J connectivity index is 2.49. The monoisotopic (exact) mass is 378 g/mol. The summed E-state index contributed by atoms with van der Waals surface area (Å²) >= 11 is 0. The van der Waals surface area contributed by atoms with Gasteiger partial charge < -0.3 is 14.8 Å². The molecule has 0 unspecified atom stereocenters. The number of benzene rings is 2. The molecule has 2 aromatic rings. The molecule has 0 spiro atoms. The highest BCUT2D eigenvalue weighted by Gasteiger charge is 2.14. The van der Waals surface area contributed by atoms with Gasteiger partial charge in [0.2, 0.25) is 0 Å². The first kappa shape index (κ1) is 20.3. The maximum atomic E-state index is 11.9. The second-order valence-electron chi connectivity index (χ2n) is 5.42. The molecular formula is C21H18N2O5. The molecule has 0 aromatic heterocycles. The van der Waals surface area contributed by atoms with Crippen LogP contribution in [0.1, 0.15) is 11.1 Å². The van der Waals surface area contributed by atoms with Gasteiger partial charge in [0.05, 0.1) is 19.9 Å². The second-order valence-corrected chi connectivity index (χ2v) is 5.42. The fourth-order valence-corrected chi connectivity index (χ4v) is 2.38. The summed E-state index contributed by atoms with van der Waals surface area (Å²) < 4.78 is 9.39. The number of anilines is 2. The Hall–Kier alpha value is -4.05. The first-order valence-corrected chi connectivity index (χ1v) is 8.10. The number of carbonyl (C=O) groups excluding carboxylic acids is 3. The van der Waals surface area contributed by atoms with E-state index in [4.69, 9.17) is 11.2 Å². The molecule has 0 bridgehead atoms. The van der Waals surface area contributed by atoms with Gasteiger partial charge in [0.15, 0.2) is 0 Å². The van der Waals surface area contributed by atoms with E-state index >= 15 is 0 Å². The van der Waals surface area contributed by atoms with Gasteiger partial charge in [-0.05, 0) is 35.3 Å². The SMILES string of the molecule is C#CC(=O)Nc1ccc(/C(=C/C(=O)OC)c2ccccc2NC(=O)OC)cc1. The lowest BCUT2D eigenvalue weighted by Crippen LogP contribution is -2.12. The summed E-state index contributed by atoms with van der Waals surface area (Å²) in [6, 6.07) is 13.6. The maximum Gasteiger partial charge on any atom is 0.411 e. The molecule has 0 heterocycles. The Labute approximate surface area is 162 Å². The summed E-state index contributed by atoms with van der Waals surface area (Å²) in [6.07, 6.45) is 5.72. The summed E-state index contributed by atoms with van der Waals surface area (Å²) in [7, 11) is 2.53. The zero-order valence-electron chi connectivity index (χ0n) is 15.3. The van der Waals surface area contributed by atoms with Crippen molar-refractivity contribution in [3.63, 3.8) is 0 Å². The van der Waals surface area contributed by atoms with Gasteiger partial charge in [0.1, 0.15) is 0 Å². The Morgan fingerprint density at radius 2 is 1.64 bits per heavy atom. The molecule has 7 heteroatoms. The summed E-state index contributed by atoms with van der Waals surface area (Å²) in [5.74, 6) is 0.840. The van der Waals surface area contributed by atoms with Crippen molar-refractivity contribution in [3.8, 4) is 12.3 Å². The van der Waals surface area contributed by atoms with Crippen LogP contribution in [0.25, 0.3) is 5.57 Å². The summed E-state index contributed by atoms with van der Waals surface area (Å²) in [5, 5.41) is 5.15. The van der Waals surface area contributed by atoms with Gasteiger partial charge >= 0.3 is 12.1 Å². The van der Waals surface area contributed by atoms with E-state index in [9.17, 15) is 14.4 Å². The Bertz CT molecular complexity index is 956. The zero-order valence-corrected chi connectivity index (χ0v) is 15.3. The minimum atomic E-state index is -0.641. The molecule has 0 aliphatic carbocycles. The van der Waals surface area contributed by atoms with E-state index in [1.54, 1.807) is 48.5 Å². The predicted molar refractivity (Wildman–Crippen MR) is 105 cm³/mol. The number of esters is 1. The number of amides is 2. The van der Waals surface area contributed by atoms with Gasteiger partial charge in [-0.15, -0.1) is 6.42 Å². The first-order valence-electron chi connectivity index (χ1n) is 8.10. The highest BCUT2D eigenvalue weighted by atomic mass is 16.5. The normalized spacial score (nSPS) is 10.4. The van der Waals surface area contributed by atoms with Crippen LogP contribution >= 0.6 is 0 Å². The van der Waals surface area contributed by atoms with Crippen molar-refractivity contribution >= 4 is 34.9 Å². The topological polar surface area (TPSA) is 93.7 Å². The molecule has 2 rings (SSSR count). The van der Waals surface area contributed by atoms with Crippen molar-refractivity contribution in [2.45, 2.75) is 0 Å². The smallest absolute Gasteiger partial charge is 0.411 e. The number of para-hydroxylation sites is 1. The molecule has 7 nitrogen and oxygen atoms in total. The molecule has 0 atom stereocenters. The van der Waals surface area contributed by atoms with Crippen molar-refractivity contribution in [1.29, 1.82) is 0 Å². The maximum absolute atomic E-state index is 11.9. The molecule has 0 saturated heterocycles. The molecule has 28 heavy (non-hydrogen) atoms. The average Bonchev–Trinajstić information content (AvgIpc) is 2.72. The van der Waals surface area contributed by atoms with Crippen LogP contribution in [0.2, 0.25) is 0 Å². The molecule has 0 aliphatic rings. The van der Waals surface area contributed by atoms with Gasteiger partial charge in [-0.2, -0.15) is 0 Å². The minimum Gasteiger partial charge on any atom is -0.466 e.